The molecule has 0 unspecified atom stereocenters. The van der Waals surface area contributed by atoms with Gasteiger partial charge in [-0.3, -0.25) is 4.79 Å². The SMILES string of the molecule is C=CC(=O)N1CCC(Oc2cccc(-c3csnc3OC)c2)CC1. The third-order valence-corrected chi connectivity index (χ3v) is 4.72. The average molecular weight is 344 g/mol. The summed E-state index contributed by atoms with van der Waals surface area (Å²) in [6.07, 6.45) is 3.14. The Balaban J connectivity index is 1.66. The molecule has 0 atom stereocenters. The largest absolute Gasteiger partial charge is 0.490 e. The number of hydrogen-bond acceptors (Lipinski definition) is 5. The molecule has 2 aromatic rings. The zero-order valence-corrected chi connectivity index (χ0v) is 14.4. The average Bonchev–Trinajstić information content (AvgIpc) is 3.11. The van der Waals surface area contributed by atoms with Crippen LogP contribution in [0.2, 0.25) is 0 Å². The van der Waals surface area contributed by atoms with Crippen molar-refractivity contribution in [3.63, 3.8) is 0 Å². The summed E-state index contributed by atoms with van der Waals surface area (Å²) in [4.78, 5) is 13.4. The van der Waals surface area contributed by atoms with Crippen molar-refractivity contribution < 1.29 is 14.3 Å². The van der Waals surface area contributed by atoms with Crippen molar-refractivity contribution in [3.05, 3.63) is 42.3 Å². The lowest BCUT2D eigenvalue weighted by Crippen LogP contribution is -2.41. The zero-order chi connectivity index (χ0) is 16.9. The van der Waals surface area contributed by atoms with Gasteiger partial charge in [-0.2, -0.15) is 4.37 Å². The number of piperidine rings is 1. The van der Waals surface area contributed by atoms with Crippen LogP contribution in [0.5, 0.6) is 11.6 Å². The van der Waals surface area contributed by atoms with Crippen LogP contribution in [0.3, 0.4) is 0 Å². The summed E-state index contributed by atoms with van der Waals surface area (Å²) in [5, 5.41) is 1.97. The monoisotopic (exact) mass is 344 g/mol. The second-order valence-corrected chi connectivity index (χ2v) is 6.24. The number of aromatic nitrogens is 1. The van der Waals surface area contributed by atoms with E-state index in [4.69, 9.17) is 9.47 Å². The Morgan fingerprint density at radius 3 is 2.92 bits per heavy atom. The van der Waals surface area contributed by atoms with Gasteiger partial charge in [0.2, 0.25) is 11.8 Å². The molecule has 1 aromatic carbocycles. The van der Waals surface area contributed by atoms with Gasteiger partial charge in [0.1, 0.15) is 11.9 Å². The normalized spacial score (nSPS) is 15.1. The number of carbonyl (C=O) groups excluding carboxylic acids is 1. The Labute approximate surface area is 145 Å². The van der Waals surface area contributed by atoms with Crippen LogP contribution in [0.25, 0.3) is 11.1 Å². The first-order valence-corrected chi connectivity index (χ1v) is 8.71. The third-order valence-electron chi connectivity index (χ3n) is 4.11. The summed E-state index contributed by atoms with van der Waals surface area (Å²) in [7, 11) is 1.62. The van der Waals surface area contributed by atoms with Crippen LogP contribution in [-0.4, -0.2) is 41.5 Å². The summed E-state index contributed by atoms with van der Waals surface area (Å²) in [6.45, 7) is 4.95. The molecular formula is C18H20N2O3S. The predicted molar refractivity (Wildman–Crippen MR) is 94.5 cm³/mol. The second kappa shape index (κ2) is 7.49. The molecule has 126 valence electrons. The van der Waals surface area contributed by atoms with Crippen LogP contribution in [-0.2, 0) is 4.79 Å². The fourth-order valence-corrected chi connectivity index (χ4v) is 3.48. The van der Waals surface area contributed by atoms with Crippen molar-refractivity contribution in [1.29, 1.82) is 0 Å². The molecule has 0 saturated carbocycles. The van der Waals surface area contributed by atoms with Gasteiger partial charge >= 0.3 is 0 Å². The maximum absolute atomic E-state index is 11.6. The highest BCUT2D eigenvalue weighted by molar-refractivity contribution is 7.04. The van der Waals surface area contributed by atoms with Crippen LogP contribution < -0.4 is 9.47 Å². The number of benzene rings is 1. The van der Waals surface area contributed by atoms with Crippen molar-refractivity contribution in [1.82, 2.24) is 9.27 Å². The topological polar surface area (TPSA) is 51.7 Å². The maximum Gasteiger partial charge on any atom is 0.245 e. The molecule has 1 aliphatic heterocycles. The van der Waals surface area contributed by atoms with Gasteiger partial charge in [-0.15, -0.1) is 0 Å². The lowest BCUT2D eigenvalue weighted by molar-refractivity contribution is -0.127. The van der Waals surface area contributed by atoms with Crippen LogP contribution in [0.15, 0.2) is 42.3 Å². The van der Waals surface area contributed by atoms with Gasteiger partial charge in [0.05, 0.1) is 12.7 Å². The van der Waals surface area contributed by atoms with E-state index in [0.717, 1.165) is 29.7 Å². The van der Waals surface area contributed by atoms with Gasteiger partial charge in [-0.05, 0) is 35.3 Å². The lowest BCUT2D eigenvalue weighted by Gasteiger charge is -2.31. The quantitative estimate of drug-likeness (QED) is 0.780. The molecule has 2 heterocycles. The zero-order valence-electron chi connectivity index (χ0n) is 13.6. The Kier molecular flexibility index (Phi) is 5.15. The molecule has 1 aromatic heterocycles. The Morgan fingerprint density at radius 2 is 2.21 bits per heavy atom. The molecule has 0 bridgehead atoms. The minimum Gasteiger partial charge on any atom is -0.490 e. The molecule has 1 amide bonds. The summed E-state index contributed by atoms with van der Waals surface area (Å²) in [5.41, 5.74) is 2.00. The molecule has 1 aliphatic rings. The molecular weight excluding hydrogens is 324 g/mol. The number of likely N-dealkylation sites (tertiary alicyclic amines) is 1. The number of hydrogen-bond donors (Lipinski definition) is 0. The van der Waals surface area contributed by atoms with E-state index in [2.05, 4.69) is 11.0 Å². The van der Waals surface area contributed by atoms with Gasteiger partial charge in [-0.25, -0.2) is 0 Å². The number of nitrogens with zero attached hydrogens (tertiary/aromatic N) is 2. The first kappa shape index (κ1) is 16.5. The molecule has 0 radical (unpaired) electrons. The molecule has 5 nitrogen and oxygen atoms in total. The van der Waals surface area contributed by atoms with E-state index in [-0.39, 0.29) is 12.0 Å². The number of ether oxygens (including phenoxy) is 2. The van der Waals surface area contributed by atoms with E-state index < -0.39 is 0 Å². The summed E-state index contributed by atoms with van der Waals surface area (Å²) >= 11 is 1.37. The number of methoxy groups -OCH3 is 1. The standard InChI is InChI=1S/C18H20N2O3S/c1-3-17(21)20-9-7-14(8-10-20)23-15-6-4-5-13(11-15)16-12-24-19-18(16)22-2/h3-6,11-12,14H,1,7-10H2,2H3. The second-order valence-electron chi connectivity index (χ2n) is 5.61. The van der Waals surface area contributed by atoms with Crippen molar-refractivity contribution in [2.45, 2.75) is 18.9 Å². The molecule has 1 saturated heterocycles. The van der Waals surface area contributed by atoms with Crippen molar-refractivity contribution >= 4 is 17.4 Å². The van der Waals surface area contributed by atoms with Gasteiger partial charge in [-0.1, -0.05) is 18.7 Å². The molecule has 3 rings (SSSR count). The summed E-state index contributed by atoms with van der Waals surface area (Å²) in [5.74, 6) is 1.45. The molecule has 0 N–H and O–H groups in total. The smallest absolute Gasteiger partial charge is 0.245 e. The molecule has 24 heavy (non-hydrogen) atoms. The van der Waals surface area contributed by atoms with Gasteiger partial charge < -0.3 is 14.4 Å². The predicted octanol–water partition coefficient (Wildman–Crippen LogP) is 3.37. The van der Waals surface area contributed by atoms with Crippen molar-refractivity contribution in [2.24, 2.45) is 0 Å². The first-order chi connectivity index (χ1) is 11.7. The molecule has 6 heteroatoms. The fraction of sp³-hybridized carbons (Fsp3) is 0.333. The number of amides is 1. The number of rotatable bonds is 5. The van der Waals surface area contributed by atoms with Crippen LogP contribution in [0.4, 0.5) is 0 Å². The van der Waals surface area contributed by atoms with E-state index >= 15 is 0 Å². The minimum absolute atomic E-state index is 0.00694. The van der Waals surface area contributed by atoms with E-state index in [9.17, 15) is 4.79 Å². The van der Waals surface area contributed by atoms with E-state index in [0.29, 0.717) is 19.0 Å². The van der Waals surface area contributed by atoms with E-state index in [1.54, 1.807) is 7.11 Å². The Bertz CT molecular complexity index is 721. The first-order valence-electron chi connectivity index (χ1n) is 7.88. The molecule has 0 aliphatic carbocycles. The Morgan fingerprint density at radius 1 is 1.42 bits per heavy atom. The van der Waals surface area contributed by atoms with E-state index in [1.165, 1.54) is 17.6 Å². The fourth-order valence-electron chi connectivity index (χ4n) is 2.82. The minimum atomic E-state index is -0.00694. The maximum atomic E-state index is 11.6. The lowest BCUT2D eigenvalue weighted by atomic mass is 10.1. The number of carbonyl (C=O) groups is 1. The molecule has 1 fully saturated rings. The Hall–Kier alpha value is -2.34. The van der Waals surface area contributed by atoms with Gasteiger partial charge in [0.25, 0.3) is 0 Å². The van der Waals surface area contributed by atoms with Crippen molar-refractivity contribution in [2.75, 3.05) is 20.2 Å². The van der Waals surface area contributed by atoms with Crippen molar-refractivity contribution in [3.8, 4) is 22.8 Å². The van der Waals surface area contributed by atoms with Gasteiger partial charge in [0, 0.05) is 31.3 Å². The highest BCUT2D eigenvalue weighted by atomic mass is 32.1. The highest BCUT2D eigenvalue weighted by Crippen LogP contribution is 2.33. The van der Waals surface area contributed by atoms with Crippen LogP contribution >= 0.6 is 11.5 Å². The highest BCUT2D eigenvalue weighted by Gasteiger charge is 2.22. The van der Waals surface area contributed by atoms with Crippen LogP contribution in [0, 0.1) is 0 Å². The van der Waals surface area contributed by atoms with Gasteiger partial charge in [0.15, 0.2) is 0 Å². The molecule has 0 spiro atoms. The third kappa shape index (κ3) is 3.59. The summed E-state index contributed by atoms with van der Waals surface area (Å²) < 4.78 is 15.6. The van der Waals surface area contributed by atoms with E-state index in [1.807, 2.05) is 34.5 Å². The summed E-state index contributed by atoms with van der Waals surface area (Å²) in [6, 6.07) is 7.95. The van der Waals surface area contributed by atoms with Crippen LogP contribution in [0.1, 0.15) is 12.8 Å².